The summed E-state index contributed by atoms with van der Waals surface area (Å²) in [4.78, 5) is 15.6. The Morgan fingerprint density at radius 3 is 2.55 bits per heavy atom. The molecule has 0 bridgehead atoms. The maximum atomic E-state index is 12.3. The molecule has 1 heterocycles. The second-order valence-electron chi connectivity index (χ2n) is 4.41. The van der Waals surface area contributed by atoms with Crippen molar-refractivity contribution in [3.8, 4) is 17.0 Å². The van der Waals surface area contributed by atoms with Gasteiger partial charge in [0.15, 0.2) is 5.43 Å². The van der Waals surface area contributed by atoms with E-state index in [0.29, 0.717) is 21.7 Å². The summed E-state index contributed by atoms with van der Waals surface area (Å²) in [5.74, 6) is 0.519. The van der Waals surface area contributed by atoms with E-state index in [1.54, 1.807) is 18.2 Å². The maximum Gasteiger partial charge on any atom is 0.193 e. The van der Waals surface area contributed by atoms with Crippen LogP contribution in [0.1, 0.15) is 0 Å². The molecule has 0 aliphatic heterocycles. The Morgan fingerprint density at radius 2 is 1.85 bits per heavy atom. The molecule has 3 rings (SSSR count). The number of methoxy groups -OCH3 is 1. The van der Waals surface area contributed by atoms with E-state index in [1.807, 2.05) is 30.3 Å². The first kappa shape index (κ1) is 12.8. The lowest BCUT2D eigenvalue weighted by Crippen LogP contribution is -2.05. The van der Waals surface area contributed by atoms with Gasteiger partial charge in [-0.3, -0.25) is 4.79 Å². The minimum Gasteiger partial charge on any atom is -0.496 e. The zero-order chi connectivity index (χ0) is 14.1. The van der Waals surface area contributed by atoms with Gasteiger partial charge < -0.3 is 9.72 Å². The van der Waals surface area contributed by atoms with Crippen LogP contribution in [-0.2, 0) is 0 Å². The first-order chi connectivity index (χ1) is 9.70. The minimum absolute atomic E-state index is 0.114. The average Bonchev–Trinajstić information content (AvgIpc) is 2.49. The summed E-state index contributed by atoms with van der Waals surface area (Å²) in [6.45, 7) is 0. The van der Waals surface area contributed by atoms with Gasteiger partial charge in [0.25, 0.3) is 0 Å². The van der Waals surface area contributed by atoms with Crippen molar-refractivity contribution in [1.29, 1.82) is 0 Å². The van der Waals surface area contributed by atoms with Crippen molar-refractivity contribution in [2.24, 2.45) is 0 Å². The van der Waals surface area contributed by atoms with Crippen LogP contribution in [0.25, 0.3) is 22.2 Å². The van der Waals surface area contributed by atoms with Crippen LogP contribution in [0.5, 0.6) is 5.75 Å². The molecular weight excluding hydrogens is 274 g/mol. The lowest BCUT2D eigenvalue weighted by Gasteiger charge is -2.09. The predicted octanol–water partition coefficient (Wildman–Crippen LogP) is 3.86. The highest BCUT2D eigenvalue weighted by Gasteiger charge is 2.11. The summed E-state index contributed by atoms with van der Waals surface area (Å²) < 4.78 is 5.23. The number of hydrogen-bond donors (Lipinski definition) is 1. The summed E-state index contributed by atoms with van der Waals surface area (Å²) in [5.41, 5.74) is 2.15. The Labute approximate surface area is 120 Å². The number of rotatable bonds is 2. The lowest BCUT2D eigenvalue weighted by molar-refractivity contribution is 0.419. The molecule has 0 saturated carbocycles. The zero-order valence-electron chi connectivity index (χ0n) is 10.8. The second-order valence-corrected chi connectivity index (χ2v) is 4.82. The van der Waals surface area contributed by atoms with E-state index in [0.717, 1.165) is 11.3 Å². The van der Waals surface area contributed by atoms with Gasteiger partial charge in [-0.2, -0.15) is 0 Å². The molecule has 0 aliphatic rings. The molecule has 0 unspecified atom stereocenters. The van der Waals surface area contributed by atoms with Gasteiger partial charge in [0.05, 0.1) is 23.0 Å². The van der Waals surface area contributed by atoms with Crippen molar-refractivity contribution in [2.75, 3.05) is 7.11 Å². The predicted molar refractivity (Wildman–Crippen MR) is 81.6 cm³/mol. The van der Waals surface area contributed by atoms with Gasteiger partial charge in [-0.05, 0) is 17.7 Å². The van der Waals surface area contributed by atoms with E-state index in [4.69, 9.17) is 16.3 Å². The van der Waals surface area contributed by atoms with E-state index >= 15 is 0 Å². The molecule has 3 nitrogen and oxygen atoms in total. The fourth-order valence-corrected chi connectivity index (χ4v) is 2.45. The summed E-state index contributed by atoms with van der Waals surface area (Å²) in [6.07, 6.45) is 0. The molecular formula is C16H12ClNO2. The Hall–Kier alpha value is -2.26. The number of fused-ring (bicyclic) bond motifs is 1. The highest BCUT2D eigenvalue weighted by atomic mass is 35.5. The molecule has 0 fully saturated rings. The van der Waals surface area contributed by atoms with Gasteiger partial charge in [-0.1, -0.05) is 41.9 Å². The normalized spacial score (nSPS) is 10.7. The van der Waals surface area contributed by atoms with Crippen LogP contribution in [0.2, 0.25) is 5.02 Å². The summed E-state index contributed by atoms with van der Waals surface area (Å²) in [5, 5.41) is 0.968. The third-order valence-corrected chi connectivity index (χ3v) is 3.52. The van der Waals surface area contributed by atoms with Gasteiger partial charge >= 0.3 is 0 Å². The second kappa shape index (κ2) is 5.02. The van der Waals surface area contributed by atoms with Gasteiger partial charge in [0.1, 0.15) is 5.75 Å². The molecule has 4 heteroatoms. The van der Waals surface area contributed by atoms with Crippen LogP contribution >= 0.6 is 11.6 Å². The van der Waals surface area contributed by atoms with E-state index in [2.05, 4.69) is 4.98 Å². The average molecular weight is 286 g/mol. The van der Waals surface area contributed by atoms with Crippen molar-refractivity contribution in [1.82, 2.24) is 4.98 Å². The molecule has 2 aromatic carbocycles. The lowest BCUT2D eigenvalue weighted by atomic mass is 10.1. The Bertz CT molecular complexity index is 825. The van der Waals surface area contributed by atoms with Crippen molar-refractivity contribution < 1.29 is 4.74 Å². The van der Waals surface area contributed by atoms with E-state index in [9.17, 15) is 4.79 Å². The van der Waals surface area contributed by atoms with Crippen LogP contribution in [0.4, 0.5) is 0 Å². The highest BCUT2D eigenvalue weighted by Crippen LogP contribution is 2.29. The van der Waals surface area contributed by atoms with E-state index in [1.165, 1.54) is 7.11 Å². The summed E-state index contributed by atoms with van der Waals surface area (Å²) in [6, 6.07) is 14.6. The minimum atomic E-state index is -0.114. The molecule has 20 heavy (non-hydrogen) atoms. The largest absolute Gasteiger partial charge is 0.496 e. The molecule has 1 N–H and O–H groups in total. The molecule has 3 aromatic rings. The molecule has 100 valence electrons. The number of nitrogens with one attached hydrogen (secondary N) is 1. The first-order valence-electron chi connectivity index (χ1n) is 6.15. The number of aromatic nitrogens is 1. The van der Waals surface area contributed by atoms with Crippen molar-refractivity contribution in [3.63, 3.8) is 0 Å². The zero-order valence-corrected chi connectivity index (χ0v) is 11.6. The fraction of sp³-hybridized carbons (Fsp3) is 0.0625. The van der Waals surface area contributed by atoms with Gasteiger partial charge in [-0.15, -0.1) is 0 Å². The van der Waals surface area contributed by atoms with E-state index < -0.39 is 0 Å². The topological polar surface area (TPSA) is 42.1 Å². The van der Waals surface area contributed by atoms with E-state index in [-0.39, 0.29) is 5.43 Å². The maximum absolute atomic E-state index is 12.3. The van der Waals surface area contributed by atoms with Crippen LogP contribution < -0.4 is 10.2 Å². The first-order valence-corrected chi connectivity index (χ1v) is 6.53. The van der Waals surface area contributed by atoms with Gasteiger partial charge in [-0.25, -0.2) is 0 Å². The van der Waals surface area contributed by atoms with Crippen LogP contribution in [-0.4, -0.2) is 12.1 Å². The smallest absolute Gasteiger partial charge is 0.193 e. The van der Waals surface area contributed by atoms with Crippen LogP contribution in [0.15, 0.2) is 53.3 Å². The number of pyridine rings is 1. The fourth-order valence-electron chi connectivity index (χ4n) is 2.24. The summed E-state index contributed by atoms with van der Waals surface area (Å²) >= 11 is 6.19. The van der Waals surface area contributed by atoms with Gasteiger partial charge in [0, 0.05) is 11.8 Å². The molecule has 0 aliphatic carbocycles. The van der Waals surface area contributed by atoms with Crippen LogP contribution in [0.3, 0.4) is 0 Å². The number of aromatic amines is 1. The molecule has 0 atom stereocenters. The Kier molecular flexibility index (Phi) is 3.20. The Balaban J connectivity index is 2.36. The molecule has 0 radical (unpaired) electrons. The molecule has 1 aromatic heterocycles. The quantitative estimate of drug-likeness (QED) is 0.777. The SMILES string of the molecule is COc1ccc(Cl)c2[nH]c(-c3ccccc3)cc(=O)c12. The molecule has 0 saturated heterocycles. The van der Waals surface area contributed by atoms with Gasteiger partial charge in [0.2, 0.25) is 0 Å². The third-order valence-electron chi connectivity index (χ3n) is 3.20. The monoisotopic (exact) mass is 285 g/mol. The standard InChI is InChI=1S/C16H12ClNO2/c1-20-14-8-7-11(17)16-15(14)13(19)9-12(18-16)10-5-3-2-4-6-10/h2-9H,1H3,(H,18,19). The van der Waals surface area contributed by atoms with Crippen molar-refractivity contribution in [3.05, 3.63) is 63.8 Å². The number of H-pyrrole nitrogens is 1. The molecule has 0 spiro atoms. The van der Waals surface area contributed by atoms with Crippen LogP contribution in [0, 0.1) is 0 Å². The molecule has 0 amide bonds. The highest BCUT2D eigenvalue weighted by molar-refractivity contribution is 6.35. The number of hydrogen-bond acceptors (Lipinski definition) is 2. The summed E-state index contributed by atoms with van der Waals surface area (Å²) in [7, 11) is 1.53. The Morgan fingerprint density at radius 1 is 1.10 bits per heavy atom. The van der Waals surface area contributed by atoms with Crippen molar-refractivity contribution >= 4 is 22.5 Å². The third kappa shape index (κ3) is 2.06. The number of halogens is 1. The van der Waals surface area contributed by atoms with Crippen molar-refractivity contribution in [2.45, 2.75) is 0 Å². The number of ether oxygens (including phenoxy) is 1. The number of benzene rings is 2.